The molecule has 0 heterocycles. The number of likely N-dealkylation sites (N-methyl/N-ethyl adjacent to an activating group) is 1. The van der Waals surface area contributed by atoms with E-state index in [1.54, 1.807) is 24.3 Å². The summed E-state index contributed by atoms with van der Waals surface area (Å²) < 4.78 is 6.27. The topological polar surface area (TPSA) is 84.9 Å². The van der Waals surface area contributed by atoms with Crippen LogP contribution in [-0.2, 0) is 25.6 Å². The summed E-state index contributed by atoms with van der Waals surface area (Å²) in [5, 5.41) is 3.42. The maximum atomic E-state index is 12.9. The number of rotatable bonds is 6. The standard InChI is InChI=1S/C23H27BrN2O5/c1-23(2,3)15-20(27)31-26(4)21(28)19(14-16-8-6-5-7-9-16)30-22(29)25-18-12-10-17(24)11-13-18/h5-13,19H,14-15H2,1-4H3,(H,25,29)/t19-/m0/s1. The molecule has 0 saturated carbocycles. The highest BCUT2D eigenvalue weighted by molar-refractivity contribution is 9.10. The summed E-state index contributed by atoms with van der Waals surface area (Å²) in [4.78, 5) is 42.6. The SMILES string of the molecule is CN(OC(=O)CC(C)(C)C)C(=O)[C@H](Cc1ccccc1)OC(=O)Nc1ccc(Br)cc1. The van der Waals surface area contributed by atoms with Crippen LogP contribution in [-0.4, -0.2) is 36.2 Å². The Labute approximate surface area is 190 Å². The molecule has 1 N–H and O–H groups in total. The molecule has 1 atom stereocenters. The third-order valence-electron chi connectivity index (χ3n) is 4.10. The Bertz CT molecular complexity index is 894. The highest BCUT2D eigenvalue weighted by Gasteiger charge is 2.29. The molecule has 2 aromatic carbocycles. The molecule has 0 fully saturated rings. The van der Waals surface area contributed by atoms with E-state index in [0.717, 1.165) is 15.1 Å². The Kier molecular flexibility index (Phi) is 8.62. The minimum absolute atomic E-state index is 0.134. The van der Waals surface area contributed by atoms with E-state index in [2.05, 4.69) is 21.2 Å². The van der Waals surface area contributed by atoms with Gasteiger partial charge in [-0.15, -0.1) is 0 Å². The van der Waals surface area contributed by atoms with Crippen LogP contribution in [0.4, 0.5) is 10.5 Å². The van der Waals surface area contributed by atoms with Crippen molar-refractivity contribution < 1.29 is 24.0 Å². The molecule has 0 spiro atoms. The third kappa shape index (κ3) is 8.80. The van der Waals surface area contributed by atoms with Crippen molar-refractivity contribution in [3.8, 4) is 0 Å². The summed E-state index contributed by atoms with van der Waals surface area (Å²) in [6.07, 6.45) is -1.69. The Hall–Kier alpha value is -2.87. The third-order valence-corrected chi connectivity index (χ3v) is 4.63. The maximum absolute atomic E-state index is 12.9. The molecule has 0 aliphatic rings. The van der Waals surface area contributed by atoms with Gasteiger partial charge in [-0.25, -0.2) is 9.59 Å². The summed E-state index contributed by atoms with van der Waals surface area (Å²) in [5.41, 5.74) is 1.03. The van der Waals surface area contributed by atoms with E-state index in [1.807, 2.05) is 51.1 Å². The number of halogens is 1. The number of benzene rings is 2. The lowest BCUT2D eigenvalue weighted by atomic mass is 9.93. The lowest BCUT2D eigenvalue weighted by Gasteiger charge is -2.24. The van der Waals surface area contributed by atoms with Gasteiger partial charge in [0, 0.05) is 23.6 Å². The Balaban J connectivity index is 2.09. The van der Waals surface area contributed by atoms with Crippen molar-refractivity contribution in [2.75, 3.05) is 12.4 Å². The first kappa shape index (κ1) is 24.4. The van der Waals surface area contributed by atoms with Gasteiger partial charge in [0.05, 0.1) is 6.42 Å². The first-order chi connectivity index (χ1) is 14.5. The summed E-state index contributed by atoms with van der Waals surface area (Å²) in [5.74, 6) is -1.18. The number of hydroxylamine groups is 2. The van der Waals surface area contributed by atoms with E-state index in [4.69, 9.17) is 9.57 Å². The van der Waals surface area contributed by atoms with Crippen LogP contribution in [0.15, 0.2) is 59.1 Å². The first-order valence-electron chi connectivity index (χ1n) is 9.79. The number of hydrogen-bond acceptors (Lipinski definition) is 5. The van der Waals surface area contributed by atoms with Crippen molar-refractivity contribution in [3.63, 3.8) is 0 Å². The highest BCUT2D eigenvalue weighted by Crippen LogP contribution is 2.20. The number of hydrogen-bond donors (Lipinski definition) is 1. The van der Waals surface area contributed by atoms with Crippen molar-refractivity contribution in [2.45, 2.75) is 39.7 Å². The van der Waals surface area contributed by atoms with E-state index in [9.17, 15) is 14.4 Å². The molecule has 166 valence electrons. The molecule has 31 heavy (non-hydrogen) atoms. The number of nitrogens with zero attached hydrogens (tertiary/aromatic N) is 1. The zero-order valence-corrected chi connectivity index (χ0v) is 19.6. The Morgan fingerprint density at radius 3 is 2.23 bits per heavy atom. The van der Waals surface area contributed by atoms with Crippen LogP contribution >= 0.6 is 15.9 Å². The second kappa shape index (κ2) is 10.9. The Morgan fingerprint density at radius 1 is 1.03 bits per heavy atom. The molecule has 0 aliphatic carbocycles. The molecule has 0 aliphatic heterocycles. The molecule has 8 heteroatoms. The van der Waals surface area contributed by atoms with Gasteiger partial charge in [-0.3, -0.25) is 10.1 Å². The van der Waals surface area contributed by atoms with Gasteiger partial charge in [0.1, 0.15) is 0 Å². The smallest absolute Gasteiger partial charge is 0.412 e. The van der Waals surface area contributed by atoms with Crippen LogP contribution in [0.25, 0.3) is 0 Å². The van der Waals surface area contributed by atoms with Gasteiger partial charge < -0.3 is 9.57 Å². The average Bonchev–Trinajstić information content (AvgIpc) is 2.68. The van der Waals surface area contributed by atoms with Gasteiger partial charge in [-0.1, -0.05) is 67.0 Å². The van der Waals surface area contributed by atoms with Gasteiger partial charge in [-0.2, -0.15) is 5.06 Å². The quantitative estimate of drug-likeness (QED) is 0.578. The summed E-state index contributed by atoms with van der Waals surface area (Å²) in [6, 6.07) is 16.1. The lowest BCUT2D eigenvalue weighted by molar-refractivity contribution is -0.198. The van der Waals surface area contributed by atoms with Crippen molar-refractivity contribution >= 4 is 39.6 Å². The number of anilines is 1. The van der Waals surface area contributed by atoms with Crippen LogP contribution < -0.4 is 5.32 Å². The first-order valence-corrected chi connectivity index (χ1v) is 10.6. The number of amides is 2. The zero-order valence-electron chi connectivity index (χ0n) is 18.1. The van der Waals surface area contributed by atoms with Crippen molar-refractivity contribution in [1.82, 2.24) is 5.06 Å². The summed E-state index contributed by atoms with van der Waals surface area (Å²) >= 11 is 3.33. The molecule has 0 radical (unpaired) electrons. The normalized spacial score (nSPS) is 11.9. The zero-order chi connectivity index (χ0) is 23.0. The van der Waals surface area contributed by atoms with Crippen LogP contribution in [0, 0.1) is 5.41 Å². The fraction of sp³-hybridized carbons (Fsp3) is 0.348. The molecule has 2 amide bonds. The molecule has 0 unspecified atom stereocenters. The van der Waals surface area contributed by atoms with E-state index in [0.29, 0.717) is 5.69 Å². The van der Waals surface area contributed by atoms with Gasteiger partial charge in [0.25, 0.3) is 5.91 Å². The fourth-order valence-electron chi connectivity index (χ4n) is 2.68. The van der Waals surface area contributed by atoms with Gasteiger partial charge in [-0.05, 0) is 35.2 Å². The van der Waals surface area contributed by atoms with E-state index in [-0.39, 0.29) is 18.3 Å². The molecule has 7 nitrogen and oxygen atoms in total. The molecular formula is C23H27BrN2O5. The van der Waals surface area contributed by atoms with Crippen molar-refractivity contribution in [1.29, 1.82) is 0 Å². The van der Waals surface area contributed by atoms with Gasteiger partial charge >= 0.3 is 12.1 Å². The second-order valence-corrected chi connectivity index (χ2v) is 9.17. The number of carbonyl (C=O) groups is 3. The minimum Gasteiger partial charge on any atom is -0.435 e. The van der Waals surface area contributed by atoms with E-state index in [1.165, 1.54) is 7.05 Å². The second-order valence-electron chi connectivity index (χ2n) is 8.25. The van der Waals surface area contributed by atoms with Crippen LogP contribution in [0.5, 0.6) is 0 Å². The van der Waals surface area contributed by atoms with E-state index < -0.39 is 24.1 Å². The molecule has 0 aromatic heterocycles. The monoisotopic (exact) mass is 490 g/mol. The number of carbonyl (C=O) groups excluding carboxylic acids is 3. The molecule has 0 bridgehead atoms. The van der Waals surface area contributed by atoms with Crippen LogP contribution in [0.2, 0.25) is 0 Å². The molecular weight excluding hydrogens is 464 g/mol. The highest BCUT2D eigenvalue weighted by atomic mass is 79.9. The predicted octanol–water partition coefficient (Wildman–Crippen LogP) is 4.96. The van der Waals surface area contributed by atoms with Gasteiger partial charge in [0.15, 0.2) is 6.10 Å². The van der Waals surface area contributed by atoms with E-state index >= 15 is 0 Å². The average molecular weight is 491 g/mol. The van der Waals surface area contributed by atoms with Crippen LogP contribution in [0.3, 0.4) is 0 Å². The fourth-order valence-corrected chi connectivity index (χ4v) is 2.95. The summed E-state index contributed by atoms with van der Waals surface area (Å²) in [6.45, 7) is 5.68. The van der Waals surface area contributed by atoms with Gasteiger partial charge in [0.2, 0.25) is 0 Å². The lowest BCUT2D eigenvalue weighted by Crippen LogP contribution is -2.42. The molecule has 0 saturated heterocycles. The van der Waals surface area contributed by atoms with Crippen molar-refractivity contribution in [3.05, 3.63) is 64.6 Å². The minimum atomic E-state index is -1.18. The predicted molar refractivity (Wildman–Crippen MR) is 121 cm³/mol. The number of ether oxygens (including phenoxy) is 1. The number of nitrogens with one attached hydrogen (secondary N) is 1. The largest absolute Gasteiger partial charge is 0.435 e. The molecule has 2 rings (SSSR count). The molecule has 2 aromatic rings. The maximum Gasteiger partial charge on any atom is 0.412 e. The summed E-state index contributed by atoms with van der Waals surface area (Å²) in [7, 11) is 1.33. The Morgan fingerprint density at radius 2 is 1.65 bits per heavy atom. The van der Waals surface area contributed by atoms with Crippen molar-refractivity contribution in [2.24, 2.45) is 5.41 Å². The van der Waals surface area contributed by atoms with Crippen LogP contribution in [0.1, 0.15) is 32.8 Å².